The van der Waals surface area contributed by atoms with E-state index < -0.39 is 4.92 Å². The predicted molar refractivity (Wildman–Crippen MR) is 76.5 cm³/mol. The highest BCUT2D eigenvalue weighted by Gasteiger charge is 2.13. The summed E-state index contributed by atoms with van der Waals surface area (Å²) in [6.45, 7) is 1.62. The molecule has 0 aliphatic rings. The van der Waals surface area contributed by atoms with Crippen LogP contribution in [0, 0.1) is 17.0 Å². The molecule has 8 nitrogen and oxygen atoms in total. The second-order valence-electron chi connectivity index (χ2n) is 4.15. The van der Waals surface area contributed by atoms with Crippen molar-refractivity contribution < 1.29 is 14.2 Å². The first-order chi connectivity index (χ1) is 9.95. The molecule has 1 heterocycles. The second kappa shape index (κ2) is 6.23. The quantitative estimate of drug-likeness (QED) is 0.648. The number of hydrogen-bond acceptors (Lipinski definition) is 6. The maximum absolute atomic E-state index is 11.7. The summed E-state index contributed by atoms with van der Waals surface area (Å²) in [6, 6.07) is 5.77. The number of benzene rings is 1. The molecule has 0 unspecified atom stereocenters. The first-order valence-electron chi connectivity index (χ1n) is 5.86. The SMILES string of the molecule is Cc1cc(NC(=O)CNc2ccc(Cl)c([N+](=O)[O-])c2)no1. The Morgan fingerprint density at radius 2 is 2.24 bits per heavy atom. The van der Waals surface area contributed by atoms with Crippen LogP contribution in [0.25, 0.3) is 0 Å². The summed E-state index contributed by atoms with van der Waals surface area (Å²) in [5, 5.41) is 19.7. The van der Waals surface area contributed by atoms with Crippen molar-refractivity contribution in [2.24, 2.45) is 0 Å². The van der Waals surface area contributed by atoms with Crippen molar-refractivity contribution in [3.05, 3.63) is 45.2 Å². The largest absolute Gasteiger partial charge is 0.376 e. The van der Waals surface area contributed by atoms with E-state index in [0.717, 1.165) is 0 Å². The minimum absolute atomic E-state index is 0.0353. The molecule has 0 saturated carbocycles. The molecule has 1 aromatic heterocycles. The number of nitrogens with zero attached hydrogens (tertiary/aromatic N) is 2. The molecule has 0 atom stereocenters. The van der Waals surface area contributed by atoms with E-state index in [2.05, 4.69) is 15.8 Å². The monoisotopic (exact) mass is 310 g/mol. The summed E-state index contributed by atoms with van der Waals surface area (Å²) < 4.78 is 4.81. The summed E-state index contributed by atoms with van der Waals surface area (Å²) >= 11 is 5.70. The van der Waals surface area contributed by atoms with Crippen molar-refractivity contribution in [2.45, 2.75) is 6.92 Å². The number of carbonyl (C=O) groups excluding carboxylic acids is 1. The zero-order valence-electron chi connectivity index (χ0n) is 10.9. The Balaban J connectivity index is 1.95. The van der Waals surface area contributed by atoms with Gasteiger partial charge in [0.05, 0.1) is 11.5 Å². The number of aryl methyl sites for hydroxylation is 1. The number of hydrogen-bond donors (Lipinski definition) is 2. The van der Waals surface area contributed by atoms with Crippen LogP contribution in [0.15, 0.2) is 28.8 Å². The van der Waals surface area contributed by atoms with Gasteiger partial charge in [-0.05, 0) is 19.1 Å². The van der Waals surface area contributed by atoms with Gasteiger partial charge in [-0.2, -0.15) is 0 Å². The number of nitrogens with one attached hydrogen (secondary N) is 2. The third-order valence-electron chi connectivity index (χ3n) is 2.49. The summed E-state index contributed by atoms with van der Waals surface area (Å²) in [5.41, 5.74) is 0.187. The summed E-state index contributed by atoms with van der Waals surface area (Å²) in [7, 11) is 0. The minimum Gasteiger partial charge on any atom is -0.376 e. The summed E-state index contributed by atoms with van der Waals surface area (Å²) in [6.07, 6.45) is 0. The maximum atomic E-state index is 11.7. The molecule has 1 amide bonds. The lowest BCUT2D eigenvalue weighted by atomic mass is 10.3. The standard InChI is InChI=1S/C12H11ClN4O4/c1-7-4-11(16-21-7)15-12(18)6-14-8-2-3-9(13)10(5-8)17(19)20/h2-5,14H,6H2,1H3,(H,15,16,18). The Morgan fingerprint density at radius 3 is 2.86 bits per heavy atom. The number of rotatable bonds is 5. The third-order valence-corrected chi connectivity index (χ3v) is 2.81. The van der Waals surface area contributed by atoms with Crippen molar-refractivity contribution in [3.8, 4) is 0 Å². The Labute approximate surface area is 124 Å². The summed E-state index contributed by atoms with van der Waals surface area (Å²) in [4.78, 5) is 21.8. The molecule has 0 aliphatic carbocycles. The van der Waals surface area contributed by atoms with Gasteiger partial charge >= 0.3 is 0 Å². The smallest absolute Gasteiger partial charge is 0.289 e. The molecule has 0 fully saturated rings. The van der Waals surface area contributed by atoms with Crippen LogP contribution in [0.3, 0.4) is 0 Å². The number of nitro benzene ring substituents is 1. The number of nitro groups is 1. The van der Waals surface area contributed by atoms with E-state index in [4.69, 9.17) is 16.1 Å². The van der Waals surface area contributed by atoms with Gasteiger partial charge in [-0.1, -0.05) is 16.8 Å². The fourth-order valence-corrected chi connectivity index (χ4v) is 1.74. The molecule has 2 aromatic rings. The number of amides is 1. The topological polar surface area (TPSA) is 110 Å². The molecular formula is C12H11ClN4O4. The zero-order chi connectivity index (χ0) is 15.4. The number of carbonyl (C=O) groups is 1. The van der Waals surface area contributed by atoms with Crippen LogP contribution in [-0.4, -0.2) is 22.5 Å². The van der Waals surface area contributed by atoms with E-state index in [1.807, 2.05) is 0 Å². The van der Waals surface area contributed by atoms with Crippen molar-refractivity contribution in [3.63, 3.8) is 0 Å². The lowest BCUT2D eigenvalue weighted by Gasteiger charge is -2.06. The number of halogens is 1. The minimum atomic E-state index is -0.592. The Morgan fingerprint density at radius 1 is 1.48 bits per heavy atom. The van der Waals surface area contributed by atoms with Gasteiger partial charge in [0, 0.05) is 17.8 Å². The van der Waals surface area contributed by atoms with Gasteiger partial charge in [-0.3, -0.25) is 14.9 Å². The molecule has 1 aromatic carbocycles. The van der Waals surface area contributed by atoms with Gasteiger partial charge < -0.3 is 15.2 Å². The van der Waals surface area contributed by atoms with Crippen LogP contribution >= 0.6 is 11.6 Å². The van der Waals surface area contributed by atoms with Crippen LogP contribution in [0.5, 0.6) is 0 Å². The average molecular weight is 311 g/mol. The van der Waals surface area contributed by atoms with E-state index in [1.54, 1.807) is 19.1 Å². The fourth-order valence-electron chi connectivity index (χ4n) is 1.56. The Bertz CT molecular complexity index is 686. The maximum Gasteiger partial charge on any atom is 0.289 e. The van der Waals surface area contributed by atoms with Crippen molar-refractivity contribution in [1.82, 2.24) is 5.16 Å². The highest BCUT2D eigenvalue weighted by Crippen LogP contribution is 2.27. The highest BCUT2D eigenvalue weighted by molar-refractivity contribution is 6.32. The highest BCUT2D eigenvalue weighted by atomic mass is 35.5. The van der Waals surface area contributed by atoms with E-state index in [1.165, 1.54) is 12.1 Å². The Hall–Kier alpha value is -2.61. The fraction of sp³-hybridized carbons (Fsp3) is 0.167. The first-order valence-corrected chi connectivity index (χ1v) is 6.24. The van der Waals surface area contributed by atoms with Crippen LogP contribution in [0.2, 0.25) is 5.02 Å². The van der Waals surface area contributed by atoms with Crippen LogP contribution in [0.4, 0.5) is 17.2 Å². The number of anilines is 2. The molecule has 0 radical (unpaired) electrons. The van der Waals surface area contributed by atoms with Crippen LogP contribution in [0.1, 0.15) is 5.76 Å². The molecule has 110 valence electrons. The third kappa shape index (κ3) is 3.93. The van der Waals surface area contributed by atoms with Gasteiger partial charge in [0.15, 0.2) is 5.82 Å². The van der Waals surface area contributed by atoms with E-state index in [-0.39, 0.29) is 23.2 Å². The van der Waals surface area contributed by atoms with Gasteiger partial charge in [0.1, 0.15) is 10.8 Å². The van der Waals surface area contributed by atoms with Gasteiger partial charge in [0.2, 0.25) is 5.91 Å². The molecule has 0 bridgehead atoms. The predicted octanol–water partition coefficient (Wildman–Crippen LogP) is 2.60. The van der Waals surface area contributed by atoms with Gasteiger partial charge in [0.25, 0.3) is 5.69 Å². The number of aromatic nitrogens is 1. The van der Waals surface area contributed by atoms with E-state index >= 15 is 0 Å². The summed E-state index contributed by atoms with van der Waals surface area (Å²) in [5.74, 6) is 0.522. The van der Waals surface area contributed by atoms with Crippen molar-refractivity contribution >= 4 is 34.7 Å². The molecule has 0 spiro atoms. The molecule has 21 heavy (non-hydrogen) atoms. The van der Waals surface area contributed by atoms with E-state index in [0.29, 0.717) is 17.3 Å². The van der Waals surface area contributed by atoms with Crippen molar-refractivity contribution in [1.29, 1.82) is 0 Å². The lowest BCUT2D eigenvalue weighted by Crippen LogP contribution is -2.21. The normalized spacial score (nSPS) is 10.2. The average Bonchev–Trinajstić information content (AvgIpc) is 2.82. The van der Waals surface area contributed by atoms with Crippen LogP contribution in [-0.2, 0) is 4.79 Å². The first kappa shape index (κ1) is 14.8. The molecule has 2 rings (SSSR count). The molecule has 0 saturated heterocycles. The van der Waals surface area contributed by atoms with Gasteiger partial charge in [-0.25, -0.2) is 0 Å². The van der Waals surface area contributed by atoms with Crippen LogP contribution < -0.4 is 10.6 Å². The molecule has 9 heteroatoms. The Kier molecular flexibility index (Phi) is 4.39. The molecular weight excluding hydrogens is 300 g/mol. The lowest BCUT2D eigenvalue weighted by molar-refractivity contribution is -0.384. The molecule has 2 N–H and O–H groups in total. The van der Waals surface area contributed by atoms with E-state index in [9.17, 15) is 14.9 Å². The van der Waals surface area contributed by atoms with Gasteiger partial charge in [-0.15, -0.1) is 0 Å². The molecule has 0 aliphatic heterocycles. The van der Waals surface area contributed by atoms with Crippen molar-refractivity contribution in [2.75, 3.05) is 17.2 Å². The second-order valence-corrected chi connectivity index (χ2v) is 4.56. The zero-order valence-corrected chi connectivity index (χ0v) is 11.7.